The van der Waals surface area contributed by atoms with Crippen LogP contribution in [0.25, 0.3) is 11.0 Å². The number of anilines is 2. The third-order valence-corrected chi connectivity index (χ3v) is 5.58. The predicted molar refractivity (Wildman–Crippen MR) is 119 cm³/mol. The van der Waals surface area contributed by atoms with Crippen LogP contribution in [-0.2, 0) is 16.1 Å². The van der Waals surface area contributed by atoms with Crippen LogP contribution in [0.2, 0.25) is 5.02 Å². The predicted octanol–water partition coefficient (Wildman–Crippen LogP) is 3.71. The van der Waals surface area contributed by atoms with E-state index in [4.69, 9.17) is 26.3 Å². The maximum atomic E-state index is 15.6. The van der Waals surface area contributed by atoms with Crippen LogP contribution in [0.5, 0.6) is 0 Å². The molecule has 1 fully saturated rings. The second-order valence-corrected chi connectivity index (χ2v) is 8.03. The minimum Gasteiger partial charge on any atom is -0.394 e. The van der Waals surface area contributed by atoms with Gasteiger partial charge < -0.3 is 19.7 Å². The van der Waals surface area contributed by atoms with Crippen LogP contribution >= 0.6 is 11.6 Å². The number of aromatic nitrogens is 2. The van der Waals surface area contributed by atoms with E-state index in [9.17, 15) is 4.79 Å². The molecule has 32 heavy (non-hydrogen) atoms. The van der Waals surface area contributed by atoms with E-state index in [1.807, 2.05) is 13.0 Å². The Morgan fingerprint density at radius 2 is 2.28 bits per heavy atom. The first kappa shape index (κ1) is 22.5. The lowest BCUT2D eigenvalue weighted by Crippen LogP contribution is -2.26. The van der Waals surface area contributed by atoms with E-state index in [0.717, 1.165) is 18.4 Å². The first-order chi connectivity index (χ1) is 15.5. The highest BCUT2D eigenvalue weighted by atomic mass is 35.5. The number of amides is 1. The number of benzene rings is 2. The summed E-state index contributed by atoms with van der Waals surface area (Å²) in [4.78, 5) is 22.0. The Kier molecular flexibility index (Phi) is 6.90. The number of imidazole rings is 1. The molecule has 1 atom stereocenters. The number of rotatable bonds is 8. The van der Waals surface area contributed by atoms with Crippen LogP contribution in [0.3, 0.4) is 0 Å². The number of hydrogen-bond donors (Lipinski definition) is 3. The number of halogens is 2. The number of carbonyl (C=O) groups excluding carboxylic acids is 1. The van der Waals surface area contributed by atoms with Crippen LogP contribution < -0.4 is 10.8 Å². The van der Waals surface area contributed by atoms with Gasteiger partial charge in [-0.25, -0.2) is 14.9 Å². The lowest BCUT2D eigenvalue weighted by Gasteiger charge is -2.16. The van der Waals surface area contributed by atoms with E-state index in [0.29, 0.717) is 29.4 Å². The zero-order valence-electron chi connectivity index (χ0n) is 17.5. The molecule has 10 heteroatoms. The number of carbonyl (C=O) groups is 1. The zero-order valence-corrected chi connectivity index (χ0v) is 18.3. The Morgan fingerprint density at radius 1 is 1.44 bits per heavy atom. The average Bonchev–Trinajstić information content (AvgIpc) is 3.42. The second-order valence-electron chi connectivity index (χ2n) is 7.62. The van der Waals surface area contributed by atoms with Crippen molar-refractivity contribution < 1.29 is 23.9 Å². The van der Waals surface area contributed by atoms with Gasteiger partial charge in [-0.1, -0.05) is 17.7 Å². The van der Waals surface area contributed by atoms with E-state index >= 15 is 4.39 Å². The number of hydroxylamine groups is 1. The van der Waals surface area contributed by atoms with Crippen molar-refractivity contribution in [1.29, 1.82) is 0 Å². The fourth-order valence-corrected chi connectivity index (χ4v) is 3.97. The molecule has 0 spiro atoms. The van der Waals surface area contributed by atoms with Crippen molar-refractivity contribution in [3.63, 3.8) is 0 Å². The largest absolute Gasteiger partial charge is 0.394 e. The summed E-state index contributed by atoms with van der Waals surface area (Å²) >= 11 is 6.31. The first-order valence-electron chi connectivity index (χ1n) is 10.3. The molecule has 8 nitrogen and oxygen atoms in total. The van der Waals surface area contributed by atoms with Gasteiger partial charge in [-0.2, -0.15) is 0 Å². The number of aliphatic hydroxyl groups is 1. The molecule has 170 valence electrons. The molecule has 3 N–H and O–H groups in total. The van der Waals surface area contributed by atoms with Gasteiger partial charge in [-0.05, 0) is 43.5 Å². The lowest BCUT2D eigenvalue weighted by molar-refractivity contribution is 0.0169. The number of ether oxygens (including phenoxy) is 1. The summed E-state index contributed by atoms with van der Waals surface area (Å²) in [5, 5.41) is 12.2. The molecular weight excluding hydrogens is 439 g/mol. The van der Waals surface area contributed by atoms with Crippen molar-refractivity contribution in [2.45, 2.75) is 32.4 Å². The van der Waals surface area contributed by atoms with Crippen LogP contribution in [0.4, 0.5) is 15.8 Å². The molecule has 1 unspecified atom stereocenters. The molecule has 0 aliphatic carbocycles. The number of aryl methyl sites for hydroxylation is 1. The van der Waals surface area contributed by atoms with Crippen LogP contribution in [-0.4, -0.2) is 46.5 Å². The molecular formula is C22H24ClFN4O4. The Hall–Kier alpha value is -2.72. The number of fused-ring (bicyclic) bond motifs is 1. The number of nitrogens with one attached hydrogen (secondary N) is 2. The van der Waals surface area contributed by atoms with Gasteiger partial charge in [0.25, 0.3) is 5.91 Å². The van der Waals surface area contributed by atoms with Crippen molar-refractivity contribution in [3.8, 4) is 0 Å². The van der Waals surface area contributed by atoms with Crippen LogP contribution in [0.1, 0.15) is 28.8 Å². The molecule has 1 amide bonds. The van der Waals surface area contributed by atoms with Crippen LogP contribution in [0, 0.1) is 12.7 Å². The molecule has 0 bridgehead atoms. The van der Waals surface area contributed by atoms with E-state index in [1.165, 1.54) is 0 Å². The SMILES string of the molecule is Cc1ccc(Nc2c(C(=O)NOCCO)cc3c(ncn3CC3CCCO3)c2F)c(Cl)c1. The summed E-state index contributed by atoms with van der Waals surface area (Å²) < 4.78 is 23.1. The summed E-state index contributed by atoms with van der Waals surface area (Å²) in [5.74, 6) is -1.35. The fraction of sp³-hybridized carbons (Fsp3) is 0.364. The fourth-order valence-electron chi connectivity index (χ4n) is 3.69. The van der Waals surface area contributed by atoms with E-state index in [2.05, 4.69) is 15.8 Å². The standard InChI is InChI=1S/C22H24ClFN4O4/c1-13-4-5-17(16(23)9-13)26-20-15(22(30)27-32-8-6-29)10-18-21(19(20)24)25-12-28(18)11-14-3-2-7-31-14/h4-5,9-10,12,14,26,29H,2-3,6-8,11H2,1H3,(H,27,30). The van der Waals surface area contributed by atoms with Gasteiger partial charge in [-0.15, -0.1) is 0 Å². The maximum Gasteiger partial charge on any atom is 0.277 e. The molecule has 0 radical (unpaired) electrons. The van der Waals surface area contributed by atoms with Gasteiger partial charge in [0.2, 0.25) is 0 Å². The highest BCUT2D eigenvalue weighted by Crippen LogP contribution is 2.34. The van der Waals surface area contributed by atoms with Gasteiger partial charge in [0.1, 0.15) is 5.52 Å². The van der Waals surface area contributed by atoms with Crippen molar-refractivity contribution in [2.75, 3.05) is 25.1 Å². The number of hydrogen-bond acceptors (Lipinski definition) is 6. The second kappa shape index (κ2) is 9.83. The molecule has 2 aromatic carbocycles. The average molecular weight is 463 g/mol. The van der Waals surface area contributed by atoms with Crippen molar-refractivity contribution >= 4 is 39.9 Å². The number of aliphatic hydroxyl groups excluding tert-OH is 1. The van der Waals surface area contributed by atoms with Crippen molar-refractivity contribution in [2.24, 2.45) is 0 Å². The Bertz CT molecular complexity index is 1130. The summed E-state index contributed by atoms with van der Waals surface area (Å²) in [5.41, 5.74) is 4.15. The minimum atomic E-state index is -0.683. The molecule has 1 aliphatic rings. The Labute approximate surface area is 189 Å². The summed E-state index contributed by atoms with van der Waals surface area (Å²) in [6.07, 6.45) is 3.45. The lowest BCUT2D eigenvalue weighted by atomic mass is 10.1. The Balaban J connectivity index is 1.76. The monoisotopic (exact) mass is 462 g/mol. The van der Waals surface area contributed by atoms with Gasteiger partial charge >= 0.3 is 0 Å². The molecule has 1 aromatic heterocycles. The van der Waals surface area contributed by atoms with Gasteiger partial charge in [0.15, 0.2) is 5.82 Å². The van der Waals surface area contributed by atoms with Gasteiger partial charge in [-0.3, -0.25) is 9.63 Å². The summed E-state index contributed by atoms with van der Waals surface area (Å²) in [6, 6.07) is 6.83. The smallest absolute Gasteiger partial charge is 0.277 e. The molecule has 2 heterocycles. The van der Waals surface area contributed by atoms with Gasteiger partial charge in [0, 0.05) is 6.61 Å². The molecule has 4 rings (SSSR count). The first-order valence-corrected chi connectivity index (χ1v) is 10.7. The molecule has 0 saturated carbocycles. The summed E-state index contributed by atoms with van der Waals surface area (Å²) in [6.45, 7) is 2.73. The molecule has 1 saturated heterocycles. The minimum absolute atomic E-state index is 0.0127. The summed E-state index contributed by atoms with van der Waals surface area (Å²) in [7, 11) is 0. The van der Waals surface area contributed by atoms with E-state index < -0.39 is 11.7 Å². The quantitative estimate of drug-likeness (QED) is 0.349. The number of nitrogens with zero attached hydrogens (tertiary/aromatic N) is 2. The third kappa shape index (κ3) is 4.71. The maximum absolute atomic E-state index is 15.6. The highest BCUT2D eigenvalue weighted by molar-refractivity contribution is 6.33. The highest BCUT2D eigenvalue weighted by Gasteiger charge is 2.24. The topological polar surface area (TPSA) is 97.6 Å². The normalized spacial score (nSPS) is 15.9. The van der Waals surface area contributed by atoms with Crippen LogP contribution in [0.15, 0.2) is 30.6 Å². The Morgan fingerprint density at radius 3 is 3.00 bits per heavy atom. The van der Waals surface area contributed by atoms with E-state index in [1.54, 1.807) is 29.1 Å². The van der Waals surface area contributed by atoms with Gasteiger partial charge in [0.05, 0.1) is 59.7 Å². The van der Waals surface area contributed by atoms with E-state index in [-0.39, 0.29) is 36.1 Å². The molecule has 3 aromatic rings. The van der Waals surface area contributed by atoms with Crippen molar-refractivity contribution in [3.05, 3.63) is 52.6 Å². The third-order valence-electron chi connectivity index (χ3n) is 5.27. The van der Waals surface area contributed by atoms with Crippen molar-refractivity contribution in [1.82, 2.24) is 15.0 Å². The zero-order chi connectivity index (χ0) is 22.7. The molecule has 1 aliphatic heterocycles.